The molecule has 2 aliphatic rings. The smallest absolute Gasteiger partial charge is 0.164 e. The number of nitrogen functional groups attached to an aromatic ring is 1. The van der Waals surface area contributed by atoms with Gasteiger partial charge >= 0.3 is 0 Å². The molecular formula is C15H16IN4O2. The highest BCUT2D eigenvalue weighted by molar-refractivity contribution is 14.1. The number of anilines is 1. The van der Waals surface area contributed by atoms with Crippen LogP contribution in [0.4, 0.5) is 5.82 Å². The largest absolute Gasteiger partial charge is 0.383 e. The summed E-state index contributed by atoms with van der Waals surface area (Å²) in [6, 6.07) is -0.0143. The van der Waals surface area contributed by atoms with Gasteiger partial charge in [0, 0.05) is 9.77 Å². The van der Waals surface area contributed by atoms with Crippen LogP contribution in [0, 0.1) is 10.5 Å². The van der Waals surface area contributed by atoms with Gasteiger partial charge in [0.15, 0.2) is 5.79 Å². The number of nitrogens with two attached hydrogens (primary N) is 1. The van der Waals surface area contributed by atoms with Crippen molar-refractivity contribution >= 4 is 39.4 Å². The van der Waals surface area contributed by atoms with Gasteiger partial charge in [-0.15, -0.1) is 0 Å². The number of halogens is 1. The van der Waals surface area contributed by atoms with E-state index < -0.39 is 5.79 Å². The maximum atomic E-state index is 6.09. The van der Waals surface area contributed by atoms with Crippen molar-refractivity contribution in [3.63, 3.8) is 0 Å². The van der Waals surface area contributed by atoms with E-state index in [1.807, 2.05) is 20.0 Å². The lowest BCUT2D eigenvalue weighted by molar-refractivity contribution is -0.147. The molecular weight excluding hydrogens is 395 g/mol. The molecule has 2 N–H and O–H groups in total. The monoisotopic (exact) mass is 411 g/mol. The highest BCUT2D eigenvalue weighted by atomic mass is 127. The summed E-state index contributed by atoms with van der Waals surface area (Å²) >= 11 is 2.25. The van der Waals surface area contributed by atoms with Crippen molar-refractivity contribution in [3.05, 3.63) is 34.7 Å². The number of fused-ring (bicyclic) bond motifs is 2. The summed E-state index contributed by atoms with van der Waals surface area (Å²) in [5, 5.41) is 0.878. The average molecular weight is 411 g/mol. The summed E-state index contributed by atoms with van der Waals surface area (Å²) in [6.45, 7) is 7.96. The van der Waals surface area contributed by atoms with Crippen molar-refractivity contribution in [2.75, 3.05) is 5.73 Å². The van der Waals surface area contributed by atoms with Gasteiger partial charge in [-0.05, 0) is 48.9 Å². The van der Waals surface area contributed by atoms with E-state index in [9.17, 15) is 0 Å². The predicted octanol–water partition coefficient (Wildman–Crippen LogP) is 2.45. The Morgan fingerprint density at radius 3 is 2.91 bits per heavy atom. The van der Waals surface area contributed by atoms with E-state index in [0.29, 0.717) is 5.82 Å². The summed E-state index contributed by atoms with van der Waals surface area (Å²) < 4.78 is 15.1. The van der Waals surface area contributed by atoms with Crippen LogP contribution < -0.4 is 5.73 Å². The first kappa shape index (κ1) is 14.4. The minimum atomic E-state index is -0.602. The van der Waals surface area contributed by atoms with Crippen molar-refractivity contribution in [1.29, 1.82) is 0 Å². The molecule has 1 aliphatic heterocycles. The molecule has 115 valence electrons. The molecule has 7 heteroatoms. The number of hydrogen-bond donors (Lipinski definition) is 1. The van der Waals surface area contributed by atoms with Crippen LogP contribution in [-0.4, -0.2) is 32.5 Å². The van der Waals surface area contributed by atoms with E-state index in [4.69, 9.17) is 15.2 Å². The van der Waals surface area contributed by atoms with Gasteiger partial charge < -0.3 is 19.8 Å². The quantitative estimate of drug-likeness (QED) is 0.730. The minimum Gasteiger partial charge on any atom is -0.383 e. The third-order valence-corrected chi connectivity index (χ3v) is 4.95. The Morgan fingerprint density at radius 2 is 2.14 bits per heavy atom. The van der Waals surface area contributed by atoms with Gasteiger partial charge in [0.05, 0.1) is 11.4 Å². The summed E-state index contributed by atoms with van der Waals surface area (Å²) in [6.07, 6.45) is 5.38. The number of ether oxygens (including phenoxy) is 2. The molecule has 1 saturated heterocycles. The SMILES string of the molecule is [CH2]C1=C[C@@H](n2cc(I)c3c(N)ncnc32)[C@@H]2OC(C)(C)O[C@H]12. The van der Waals surface area contributed by atoms with Gasteiger partial charge in [-0.2, -0.15) is 0 Å². The van der Waals surface area contributed by atoms with Crippen LogP contribution in [0.5, 0.6) is 0 Å². The molecule has 3 heterocycles. The van der Waals surface area contributed by atoms with Gasteiger partial charge in [0.2, 0.25) is 0 Å². The molecule has 1 aliphatic carbocycles. The molecule has 6 nitrogen and oxygen atoms in total. The maximum Gasteiger partial charge on any atom is 0.164 e. The van der Waals surface area contributed by atoms with E-state index in [1.165, 1.54) is 6.33 Å². The summed E-state index contributed by atoms with van der Waals surface area (Å²) in [4.78, 5) is 8.48. The van der Waals surface area contributed by atoms with Crippen LogP contribution in [0.3, 0.4) is 0 Å². The molecule has 4 rings (SSSR count). The van der Waals surface area contributed by atoms with Gasteiger partial charge in [-0.3, -0.25) is 0 Å². The van der Waals surface area contributed by atoms with Crippen LogP contribution >= 0.6 is 22.6 Å². The molecule has 3 atom stereocenters. The lowest BCUT2D eigenvalue weighted by Gasteiger charge is -2.22. The van der Waals surface area contributed by atoms with Crippen LogP contribution in [0.1, 0.15) is 19.9 Å². The number of nitrogens with zero attached hydrogens (tertiary/aromatic N) is 3. The maximum absolute atomic E-state index is 6.09. The Labute approximate surface area is 141 Å². The molecule has 0 spiro atoms. The Hall–Kier alpha value is -1.19. The standard InChI is InChI=1S/C15H16IN4O2/c1-7-4-9(12-11(7)21-15(2,3)22-12)20-5-8(16)10-13(17)18-6-19-14(10)20/h4-6,9,11-12H,1H2,2-3H3,(H2,17,18,19)/t9-,11-,12+/m1/s1. The first-order valence-electron chi connectivity index (χ1n) is 7.03. The van der Waals surface area contributed by atoms with Gasteiger partial charge in [-0.25, -0.2) is 9.97 Å². The predicted molar refractivity (Wildman–Crippen MR) is 91.0 cm³/mol. The molecule has 1 fully saturated rings. The second-order valence-corrected chi connectivity index (χ2v) is 7.26. The first-order valence-corrected chi connectivity index (χ1v) is 8.11. The van der Waals surface area contributed by atoms with Crippen LogP contribution in [0.25, 0.3) is 11.0 Å². The van der Waals surface area contributed by atoms with E-state index in [-0.39, 0.29) is 18.2 Å². The third-order valence-electron chi connectivity index (χ3n) is 4.13. The van der Waals surface area contributed by atoms with Gasteiger partial charge in [0.25, 0.3) is 0 Å². The molecule has 2 aromatic heterocycles. The molecule has 0 amide bonds. The molecule has 2 aromatic rings. The average Bonchev–Trinajstić information content (AvgIpc) is 3.02. The highest BCUT2D eigenvalue weighted by Gasteiger charge is 2.49. The Morgan fingerprint density at radius 1 is 1.36 bits per heavy atom. The Balaban J connectivity index is 1.85. The zero-order chi connectivity index (χ0) is 15.6. The van der Waals surface area contributed by atoms with Crippen molar-refractivity contribution < 1.29 is 9.47 Å². The van der Waals surface area contributed by atoms with Gasteiger partial charge in [-0.1, -0.05) is 6.08 Å². The minimum absolute atomic E-state index is 0.0143. The van der Waals surface area contributed by atoms with Gasteiger partial charge in [0.1, 0.15) is 30.0 Å². The summed E-state index contributed by atoms with van der Waals surface area (Å²) in [5.74, 6) is -0.111. The third kappa shape index (κ3) is 1.99. The Bertz CT molecular complexity index is 798. The lowest BCUT2D eigenvalue weighted by atomic mass is 10.1. The second kappa shape index (κ2) is 4.65. The molecule has 1 radical (unpaired) electrons. The highest BCUT2D eigenvalue weighted by Crippen LogP contribution is 2.44. The molecule has 0 aromatic carbocycles. The van der Waals surface area contributed by atoms with Crippen molar-refractivity contribution in [1.82, 2.24) is 14.5 Å². The fraction of sp³-hybridized carbons (Fsp3) is 0.400. The zero-order valence-corrected chi connectivity index (χ0v) is 14.4. The van der Waals surface area contributed by atoms with Crippen molar-refractivity contribution in [2.45, 2.75) is 37.9 Å². The molecule has 0 saturated carbocycles. The summed E-state index contributed by atoms with van der Waals surface area (Å²) in [7, 11) is 0. The van der Waals surface area contributed by atoms with E-state index >= 15 is 0 Å². The fourth-order valence-corrected chi connectivity index (χ4v) is 4.08. The fourth-order valence-electron chi connectivity index (χ4n) is 3.26. The first-order chi connectivity index (χ1) is 10.4. The second-order valence-electron chi connectivity index (χ2n) is 6.09. The van der Waals surface area contributed by atoms with Crippen LogP contribution in [-0.2, 0) is 9.47 Å². The lowest BCUT2D eigenvalue weighted by Crippen LogP contribution is -2.27. The number of rotatable bonds is 1. The molecule has 22 heavy (non-hydrogen) atoms. The molecule has 0 bridgehead atoms. The normalized spacial score (nSPS) is 29.8. The van der Waals surface area contributed by atoms with Crippen LogP contribution in [0.15, 0.2) is 24.2 Å². The topological polar surface area (TPSA) is 75.2 Å². The van der Waals surface area contributed by atoms with Crippen molar-refractivity contribution in [2.24, 2.45) is 0 Å². The van der Waals surface area contributed by atoms with E-state index in [1.54, 1.807) is 0 Å². The van der Waals surface area contributed by atoms with Crippen LogP contribution in [0.2, 0.25) is 0 Å². The number of aromatic nitrogens is 3. The summed E-state index contributed by atoms with van der Waals surface area (Å²) in [5.41, 5.74) is 7.74. The number of hydrogen-bond acceptors (Lipinski definition) is 5. The molecule has 0 unspecified atom stereocenters. The van der Waals surface area contributed by atoms with E-state index in [0.717, 1.165) is 20.2 Å². The van der Waals surface area contributed by atoms with E-state index in [2.05, 4.69) is 50.1 Å². The Kier molecular flexibility index (Phi) is 3.05. The zero-order valence-electron chi connectivity index (χ0n) is 12.3. The van der Waals surface area contributed by atoms with Crippen molar-refractivity contribution in [3.8, 4) is 0 Å².